The number of nitrogens with one attached hydrogen (secondary N) is 2. The number of thiocarbonyl (C=S) groups is 1. The Kier molecular flexibility index (Phi) is 7.43. The van der Waals surface area contributed by atoms with E-state index in [1.54, 1.807) is 25.4 Å². The number of nitrogens with zero attached hydrogens (tertiary/aromatic N) is 3. The smallest absolute Gasteiger partial charge is 0.229 e. The van der Waals surface area contributed by atoms with E-state index in [2.05, 4.69) is 39.5 Å². The summed E-state index contributed by atoms with van der Waals surface area (Å²) in [5.74, 6) is 1.18. The molecular formula is C29H31N5O4S2. The summed E-state index contributed by atoms with van der Waals surface area (Å²) in [5, 5.41) is 4.01. The van der Waals surface area contributed by atoms with E-state index in [0.717, 1.165) is 46.0 Å². The Hall–Kier alpha value is -4.09. The molecule has 1 fully saturated rings. The fraction of sp³-hybridized carbons (Fsp3) is 0.241. The highest BCUT2D eigenvalue weighted by atomic mass is 32.2. The Morgan fingerprint density at radius 3 is 2.33 bits per heavy atom. The Bertz CT molecular complexity index is 1650. The first-order valence-electron chi connectivity index (χ1n) is 12.6. The lowest BCUT2D eigenvalue weighted by Gasteiger charge is -2.29. The number of aryl methyl sites for hydroxylation is 1. The van der Waals surface area contributed by atoms with Crippen molar-refractivity contribution in [2.75, 3.05) is 30.1 Å². The molecule has 0 amide bonds. The molecule has 4 aromatic rings. The van der Waals surface area contributed by atoms with E-state index in [1.165, 1.54) is 7.11 Å². The van der Waals surface area contributed by atoms with Crippen LogP contribution in [0.25, 0.3) is 5.69 Å². The standard InChI is InChI=1S/C29H31N5O4S2/c1-18-16-23(19(2)33(18)20-9-12-22(37-3)13-10-20)28-27(25-8-6-7-15-30-25)31-29(39)34(28)21-11-14-24(26(17-21)38-4)32-40(5,35)36/h6-17,27-28,32H,1-5H3,(H,31,39)/t27-,28+/m1/s1. The van der Waals surface area contributed by atoms with Gasteiger partial charge in [0.05, 0.1) is 43.9 Å². The number of anilines is 2. The molecule has 1 aliphatic heterocycles. The van der Waals surface area contributed by atoms with Crippen molar-refractivity contribution in [1.29, 1.82) is 0 Å². The molecule has 0 spiro atoms. The number of hydrogen-bond acceptors (Lipinski definition) is 6. The lowest BCUT2D eigenvalue weighted by molar-refractivity contribution is 0.414. The summed E-state index contributed by atoms with van der Waals surface area (Å²) in [7, 11) is -0.333. The van der Waals surface area contributed by atoms with Gasteiger partial charge in [-0.2, -0.15) is 0 Å². The first kappa shape index (κ1) is 27.5. The summed E-state index contributed by atoms with van der Waals surface area (Å²) in [5.41, 5.74) is 6.19. The van der Waals surface area contributed by atoms with Crippen LogP contribution < -0.4 is 24.4 Å². The van der Waals surface area contributed by atoms with Gasteiger partial charge in [-0.15, -0.1) is 0 Å². The average Bonchev–Trinajstić information content (AvgIpc) is 3.43. The van der Waals surface area contributed by atoms with Gasteiger partial charge < -0.3 is 24.3 Å². The summed E-state index contributed by atoms with van der Waals surface area (Å²) >= 11 is 5.89. The zero-order valence-electron chi connectivity index (χ0n) is 22.9. The summed E-state index contributed by atoms with van der Waals surface area (Å²) in [4.78, 5) is 6.70. The minimum absolute atomic E-state index is 0.238. The van der Waals surface area contributed by atoms with Gasteiger partial charge in [0.25, 0.3) is 0 Å². The van der Waals surface area contributed by atoms with E-state index < -0.39 is 10.0 Å². The van der Waals surface area contributed by atoms with Gasteiger partial charge in [0, 0.05) is 35.0 Å². The van der Waals surface area contributed by atoms with Gasteiger partial charge in [-0.05, 0) is 86.2 Å². The van der Waals surface area contributed by atoms with Crippen LogP contribution in [0.1, 0.15) is 34.7 Å². The van der Waals surface area contributed by atoms with Crippen molar-refractivity contribution in [1.82, 2.24) is 14.9 Å². The van der Waals surface area contributed by atoms with Crippen LogP contribution in [-0.2, 0) is 10.0 Å². The van der Waals surface area contributed by atoms with Crippen molar-refractivity contribution in [3.05, 3.63) is 95.6 Å². The molecule has 0 radical (unpaired) electrons. The molecule has 208 valence electrons. The second-order valence-electron chi connectivity index (χ2n) is 9.62. The van der Waals surface area contributed by atoms with Crippen LogP contribution in [-0.4, -0.2) is 43.6 Å². The summed E-state index contributed by atoms with van der Waals surface area (Å²) in [6.07, 6.45) is 2.88. The zero-order chi connectivity index (χ0) is 28.6. The monoisotopic (exact) mass is 577 g/mol. The molecule has 11 heteroatoms. The Balaban J connectivity index is 1.65. The molecule has 0 bridgehead atoms. The molecular weight excluding hydrogens is 546 g/mol. The lowest BCUT2D eigenvalue weighted by atomic mass is 9.96. The molecule has 0 unspecified atom stereocenters. The van der Waals surface area contributed by atoms with Gasteiger partial charge in [-0.3, -0.25) is 9.71 Å². The molecule has 5 rings (SSSR count). The fourth-order valence-electron chi connectivity index (χ4n) is 5.28. The highest BCUT2D eigenvalue weighted by Crippen LogP contribution is 2.45. The maximum Gasteiger partial charge on any atom is 0.229 e. The Labute approximate surface area is 239 Å². The minimum Gasteiger partial charge on any atom is -0.497 e. The maximum absolute atomic E-state index is 11.9. The van der Waals surface area contributed by atoms with Crippen molar-refractivity contribution < 1.29 is 17.9 Å². The predicted molar refractivity (Wildman–Crippen MR) is 161 cm³/mol. The fourth-order valence-corrected chi connectivity index (χ4v) is 6.19. The number of benzene rings is 2. The van der Waals surface area contributed by atoms with Crippen molar-refractivity contribution >= 4 is 38.7 Å². The number of hydrogen-bond donors (Lipinski definition) is 2. The predicted octanol–water partition coefficient (Wildman–Crippen LogP) is 5.05. The van der Waals surface area contributed by atoms with Crippen molar-refractivity contribution in [3.8, 4) is 17.2 Å². The van der Waals surface area contributed by atoms with Gasteiger partial charge in [0.2, 0.25) is 10.0 Å². The van der Waals surface area contributed by atoms with Gasteiger partial charge in [0.1, 0.15) is 11.5 Å². The summed E-state index contributed by atoms with van der Waals surface area (Å²) < 4.78 is 39.4. The van der Waals surface area contributed by atoms with Crippen LogP contribution >= 0.6 is 12.2 Å². The molecule has 9 nitrogen and oxygen atoms in total. The molecule has 2 aromatic heterocycles. The second kappa shape index (κ2) is 10.8. The molecule has 40 heavy (non-hydrogen) atoms. The van der Waals surface area contributed by atoms with Gasteiger partial charge in [0.15, 0.2) is 5.11 Å². The van der Waals surface area contributed by atoms with E-state index >= 15 is 0 Å². The maximum atomic E-state index is 11.9. The Morgan fingerprint density at radius 2 is 1.70 bits per heavy atom. The number of methoxy groups -OCH3 is 2. The third-order valence-corrected chi connectivity index (χ3v) is 7.88. The van der Waals surface area contributed by atoms with E-state index in [0.29, 0.717) is 16.5 Å². The third kappa shape index (κ3) is 5.22. The number of sulfonamides is 1. The third-order valence-electron chi connectivity index (χ3n) is 6.98. The van der Waals surface area contributed by atoms with Crippen molar-refractivity contribution in [2.45, 2.75) is 25.9 Å². The van der Waals surface area contributed by atoms with Crippen LogP contribution in [0.15, 0.2) is 72.9 Å². The first-order chi connectivity index (χ1) is 19.1. The number of ether oxygens (including phenoxy) is 2. The second-order valence-corrected chi connectivity index (χ2v) is 11.8. The van der Waals surface area contributed by atoms with Crippen LogP contribution in [0.2, 0.25) is 0 Å². The molecule has 1 aliphatic rings. The number of pyridine rings is 1. The first-order valence-corrected chi connectivity index (χ1v) is 14.9. The molecule has 1 saturated heterocycles. The normalized spacial score (nSPS) is 17.0. The highest BCUT2D eigenvalue weighted by Gasteiger charge is 2.42. The SMILES string of the molecule is COc1ccc(-n2c(C)cc([C@H]3[C@@H](c4ccccn4)NC(=S)N3c3ccc(NS(C)(=O)=O)c(OC)c3)c2C)cc1. The summed E-state index contributed by atoms with van der Waals surface area (Å²) in [6.45, 7) is 4.18. The quantitative estimate of drug-likeness (QED) is 0.281. The molecule has 0 aliphatic carbocycles. The summed E-state index contributed by atoms with van der Waals surface area (Å²) in [6, 6.07) is 20.8. The molecule has 2 aromatic carbocycles. The van der Waals surface area contributed by atoms with Gasteiger partial charge in [-0.25, -0.2) is 8.42 Å². The van der Waals surface area contributed by atoms with E-state index in [1.807, 2.05) is 53.4 Å². The number of aromatic nitrogens is 2. The highest BCUT2D eigenvalue weighted by molar-refractivity contribution is 7.92. The minimum atomic E-state index is -3.49. The topological polar surface area (TPSA) is 97.7 Å². The zero-order valence-corrected chi connectivity index (χ0v) is 24.5. The average molecular weight is 578 g/mol. The Morgan fingerprint density at radius 1 is 0.975 bits per heavy atom. The van der Waals surface area contributed by atoms with Crippen molar-refractivity contribution in [3.63, 3.8) is 0 Å². The van der Waals surface area contributed by atoms with E-state index in [-0.39, 0.29) is 12.1 Å². The molecule has 3 heterocycles. The van der Waals surface area contributed by atoms with Crippen LogP contribution in [0, 0.1) is 13.8 Å². The molecule has 0 saturated carbocycles. The van der Waals surface area contributed by atoms with Crippen LogP contribution in [0.3, 0.4) is 0 Å². The van der Waals surface area contributed by atoms with E-state index in [4.69, 9.17) is 21.7 Å². The molecule has 2 atom stereocenters. The number of rotatable bonds is 8. The van der Waals surface area contributed by atoms with Gasteiger partial charge in [-0.1, -0.05) is 6.07 Å². The van der Waals surface area contributed by atoms with Crippen LogP contribution in [0.4, 0.5) is 11.4 Å². The molecule has 2 N–H and O–H groups in total. The van der Waals surface area contributed by atoms with Gasteiger partial charge >= 0.3 is 0 Å². The largest absolute Gasteiger partial charge is 0.497 e. The lowest BCUT2D eigenvalue weighted by Crippen LogP contribution is -2.29. The van der Waals surface area contributed by atoms with Crippen LogP contribution in [0.5, 0.6) is 11.5 Å². The van der Waals surface area contributed by atoms with Crippen molar-refractivity contribution in [2.24, 2.45) is 0 Å². The van der Waals surface area contributed by atoms with E-state index in [9.17, 15) is 8.42 Å².